The minimum absolute atomic E-state index is 0.137. The van der Waals surface area contributed by atoms with Crippen LogP contribution < -0.4 is 5.73 Å². The van der Waals surface area contributed by atoms with E-state index in [0.717, 1.165) is 25.8 Å². The third-order valence-electron chi connectivity index (χ3n) is 4.55. The summed E-state index contributed by atoms with van der Waals surface area (Å²) in [6.07, 6.45) is 2.55. The molecule has 0 aromatic carbocycles. The smallest absolute Gasteiger partial charge is 0.0624 e. The van der Waals surface area contributed by atoms with Crippen molar-refractivity contribution in [3.05, 3.63) is 0 Å². The maximum atomic E-state index is 6.15. The van der Waals surface area contributed by atoms with Gasteiger partial charge in [0, 0.05) is 24.0 Å². The van der Waals surface area contributed by atoms with Crippen LogP contribution in [0.15, 0.2) is 0 Å². The van der Waals surface area contributed by atoms with Gasteiger partial charge in [0.25, 0.3) is 0 Å². The van der Waals surface area contributed by atoms with Crippen molar-refractivity contribution in [2.45, 2.75) is 31.8 Å². The highest BCUT2D eigenvalue weighted by Gasteiger charge is 2.39. The van der Waals surface area contributed by atoms with Gasteiger partial charge in [-0.25, -0.2) is 0 Å². The van der Waals surface area contributed by atoms with Gasteiger partial charge in [0.15, 0.2) is 0 Å². The first kappa shape index (κ1) is 13.3. The van der Waals surface area contributed by atoms with Crippen LogP contribution in [-0.4, -0.2) is 68.8 Å². The topological polar surface area (TPSA) is 41.7 Å². The Hall–Kier alpha value is -0.160. The molecule has 2 heterocycles. The van der Waals surface area contributed by atoms with Crippen LogP contribution in [0.1, 0.15) is 19.8 Å². The summed E-state index contributed by atoms with van der Waals surface area (Å²) in [5.41, 5.74) is 6.29. The van der Waals surface area contributed by atoms with Gasteiger partial charge >= 0.3 is 0 Å². The highest BCUT2D eigenvalue weighted by Crippen LogP contribution is 2.29. The maximum absolute atomic E-state index is 6.15. The second-order valence-electron chi connectivity index (χ2n) is 6.23. The van der Waals surface area contributed by atoms with E-state index in [1.807, 2.05) is 0 Å². The second kappa shape index (κ2) is 5.22. The fourth-order valence-corrected chi connectivity index (χ4v) is 3.02. The average Bonchev–Trinajstić information content (AvgIpc) is 2.60. The van der Waals surface area contributed by atoms with E-state index in [0.29, 0.717) is 0 Å². The van der Waals surface area contributed by atoms with Crippen molar-refractivity contribution >= 4 is 0 Å². The van der Waals surface area contributed by atoms with E-state index >= 15 is 0 Å². The summed E-state index contributed by atoms with van der Waals surface area (Å²) in [5.74, 6) is 0. The summed E-state index contributed by atoms with van der Waals surface area (Å²) in [5, 5.41) is 0. The third kappa shape index (κ3) is 2.99. The summed E-state index contributed by atoms with van der Waals surface area (Å²) in [6, 6.07) is 0.909. The molecule has 0 aromatic heterocycles. The molecule has 2 unspecified atom stereocenters. The van der Waals surface area contributed by atoms with Gasteiger partial charge in [0.1, 0.15) is 0 Å². The lowest BCUT2D eigenvalue weighted by molar-refractivity contribution is 0.0836. The van der Waals surface area contributed by atoms with Crippen molar-refractivity contribution in [2.24, 2.45) is 11.1 Å². The van der Waals surface area contributed by atoms with E-state index in [9.17, 15) is 0 Å². The molecule has 2 saturated heterocycles. The summed E-state index contributed by atoms with van der Waals surface area (Å²) in [4.78, 5) is 4.91. The summed E-state index contributed by atoms with van der Waals surface area (Å²) < 4.78 is 5.52. The predicted molar refractivity (Wildman–Crippen MR) is 70.1 cm³/mol. The van der Waals surface area contributed by atoms with Crippen LogP contribution >= 0.6 is 0 Å². The zero-order chi connectivity index (χ0) is 12.5. The highest BCUT2D eigenvalue weighted by atomic mass is 16.5. The number of likely N-dealkylation sites (tertiary alicyclic amines) is 1. The van der Waals surface area contributed by atoms with Crippen molar-refractivity contribution in [1.82, 2.24) is 9.80 Å². The molecule has 0 radical (unpaired) electrons. The van der Waals surface area contributed by atoms with Gasteiger partial charge < -0.3 is 20.3 Å². The van der Waals surface area contributed by atoms with Crippen molar-refractivity contribution < 1.29 is 4.74 Å². The lowest BCUT2D eigenvalue weighted by Crippen LogP contribution is -2.50. The van der Waals surface area contributed by atoms with Crippen molar-refractivity contribution in [3.63, 3.8) is 0 Å². The maximum Gasteiger partial charge on any atom is 0.0624 e. The Kier molecular flexibility index (Phi) is 4.08. The Morgan fingerprint density at radius 2 is 2.06 bits per heavy atom. The van der Waals surface area contributed by atoms with E-state index in [1.165, 1.54) is 25.9 Å². The van der Waals surface area contributed by atoms with Crippen LogP contribution in [0.5, 0.6) is 0 Å². The molecule has 0 aromatic rings. The Morgan fingerprint density at radius 3 is 2.59 bits per heavy atom. The lowest BCUT2D eigenvalue weighted by atomic mass is 9.84. The minimum atomic E-state index is 0.137. The number of hydrogen-bond acceptors (Lipinski definition) is 4. The first-order valence-corrected chi connectivity index (χ1v) is 6.73. The minimum Gasteiger partial charge on any atom is -0.379 e. The van der Waals surface area contributed by atoms with E-state index in [4.69, 9.17) is 10.5 Å². The number of nitrogens with zero attached hydrogens (tertiary/aromatic N) is 2. The Bertz CT molecular complexity index is 253. The average molecular weight is 241 g/mol. The Balaban J connectivity index is 1.86. The molecule has 2 rings (SSSR count). The zero-order valence-electron chi connectivity index (χ0n) is 11.5. The largest absolute Gasteiger partial charge is 0.379 e. The molecule has 2 fully saturated rings. The molecule has 4 heteroatoms. The lowest BCUT2D eigenvalue weighted by Gasteiger charge is -2.39. The number of ether oxygens (including phenoxy) is 1. The van der Waals surface area contributed by atoms with Crippen LogP contribution in [0.25, 0.3) is 0 Å². The Labute approximate surface area is 105 Å². The van der Waals surface area contributed by atoms with E-state index in [1.54, 1.807) is 0 Å². The molecule has 2 atom stereocenters. The first-order valence-electron chi connectivity index (χ1n) is 6.73. The van der Waals surface area contributed by atoms with E-state index < -0.39 is 0 Å². The molecule has 17 heavy (non-hydrogen) atoms. The van der Waals surface area contributed by atoms with Crippen molar-refractivity contribution in [3.8, 4) is 0 Å². The van der Waals surface area contributed by atoms with Crippen LogP contribution in [0, 0.1) is 5.41 Å². The zero-order valence-corrected chi connectivity index (χ0v) is 11.5. The van der Waals surface area contributed by atoms with E-state index in [-0.39, 0.29) is 11.5 Å². The quantitative estimate of drug-likeness (QED) is 0.775. The van der Waals surface area contributed by atoms with Gasteiger partial charge in [-0.1, -0.05) is 6.92 Å². The third-order valence-corrected chi connectivity index (χ3v) is 4.55. The molecule has 2 aliphatic heterocycles. The first-order chi connectivity index (χ1) is 8.01. The van der Waals surface area contributed by atoms with Gasteiger partial charge in [0.2, 0.25) is 0 Å². The van der Waals surface area contributed by atoms with Crippen LogP contribution in [0.4, 0.5) is 0 Å². The molecule has 100 valence electrons. The summed E-state index contributed by atoms with van der Waals surface area (Å²) in [7, 11) is 4.45. The summed E-state index contributed by atoms with van der Waals surface area (Å²) >= 11 is 0. The molecule has 0 saturated carbocycles. The van der Waals surface area contributed by atoms with Gasteiger partial charge in [0.05, 0.1) is 13.2 Å². The molecular formula is C13H27N3O. The standard InChI is InChI=1S/C13H27N3O/c1-13(10-17-8-12(13)14)9-16(3)11-4-6-15(2)7-5-11/h11-12H,4-10,14H2,1-3H3. The van der Waals surface area contributed by atoms with Gasteiger partial charge in [-0.15, -0.1) is 0 Å². The van der Waals surface area contributed by atoms with Gasteiger partial charge in [-0.3, -0.25) is 0 Å². The Morgan fingerprint density at radius 1 is 1.41 bits per heavy atom. The van der Waals surface area contributed by atoms with Crippen LogP contribution in [0.3, 0.4) is 0 Å². The predicted octanol–water partition coefficient (Wildman–Crippen LogP) is 0.376. The van der Waals surface area contributed by atoms with Crippen molar-refractivity contribution in [1.29, 1.82) is 0 Å². The van der Waals surface area contributed by atoms with Crippen molar-refractivity contribution in [2.75, 3.05) is 46.9 Å². The monoisotopic (exact) mass is 241 g/mol. The van der Waals surface area contributed by atoms with Crippen LogP contribution in [-0.2, 0) is 4.74 Å². The molecule has 4 nitrogen and oxygen atoms in total. The molecule has 2 aliphatic rings. The molecule has 0 aliphatic carbocycles. The number of nitrogens with two attached hydrogens (primary N) is 1. The van der Waals surface area contributed by atoms with Gasteiger partial charge in [-0.2, -0.15) is 0 Å². The number of rotatable bonds is 3. The SMILES string of the molecule is CN1CCC(N(C)CC2(C)COCC2N)CC1. The summed E-state index contributed by atoms with van der Waals surface area (Å²) in [6.45, 7) is 7.28. The highest BCUT2D eigenvalue weighted by molar-refractivity contribution is 4.93. The molecule has 0 amide bonds. The fraction of sp³-hybridized carbons (Fsp3) is 1.00. The molecular weight excluding hydrogens is 214 g/mol. The number of hydrogen-bond donors (Lipinski definition) is 1. The second-order valence-corrected chi connectivity index (χ2v) is 6.23. The normalized spacial score (nSPS) is 36.9. The number of piperidine rings is 1. The molecule has 0 spiro atoms. The van der Waals surface area contributed by atoms with Crippen LogP contribution in [0.2, 0.25) is 0 Å². The molecule has 0 bridgehead atoms. The fourth-order valence-electron chi connectivity index (χ4n) is 3.02. The molecule has 2 N–H and O–H groups in total. The van der Waals surface area contributed by atoms with E-state index in [2.05, 4.69) is 30.8 Å². The van der Waals surface area contributed by atoms with Gasteiger partial charge in [-0.05, 0) is 40.0 Å².